The Morgan fingerprint density at radius 2 is 1.75 bits per heavy atom. The molecule has 0 saturated carbocycles. The first-order chi connectivity index (χ1) is 5.24. The number of carbonyl (C=O) groups is 2. The van der Waals surface area contributed by atoms with Crippen LogP contribution in [0.5, 0.6) is 0 Å². The molecule has 0 aliphatic carbocycles. The topological polar surface area (TPSA) is 54.4 Å². The molecule has 0 bridgehead atoms. The molecule has 3 nitrogen and oxygen atoms in total. The second kappa shape index (κ2) is 5.09. The summed E-state index contributed by atoms with van der Waals surface area (Å²) in [4.78, 5) is 20.5. The van der Waals surface area contributed by atoms with Gasteiger partial charge in [-0.3, -0.25) is 4.79 Å². The molecule has 1 rings (SSSR count). The summed E-state index contributed by atoms with van der Waals surface area (Å²) in [6, 6.07) is 5.73. The number of carboxylic acids is 1. The van der Waals surface area contributed by atoms with Gasteiger partial charge in [0, 0.05) is 5.56 Å². The normalized spacial score (nSPS) is 8.33. The van der Waals surface area contributed by atoms with Crippen LogP contribution in [0, 0.1) is 0 Å². The minimum atomic E-state index is -0.984. The van der Waals surface area contributed by atoms with E-state index in [4.69, 9.17) is 5.11 Å². The zero-order valence-corrected chi connectivity index (χ0v) is 5.65. The van der Waals surface area contributed by atoms with Crippen molar-refractivity contribution < 1.29 is 14.7 Å². The Morgan fingerprint density at radius 1 is 1.25 bits per heavy atom. The van der Waals surface area contributed by atoms with Gasteiger partial charge in [-0.15, -0.1) is 0 Å². The van der Waals surface area contributed by atoms with E-state index < -0.39 is 5.97 Å². The van der Waals surface area contributed by atoms with E-state index in [-0.39, 0.29) is 35.1 Å². The van der Waals surface area contributed by atoms with Gasteiger partial charge in [-0.1, -0.05) is 12.1 Å². The predicted octanol–water partition coefficient (Wildman–Crippen LogP) is 0.549. The van der Waals surface area contributed by atoms with Crippen molar-refractivity contribution in [2.75, 3.05) is 0 Å². The molecule has 4 heteroatoms. The van der Waals surface area contributed by atoms with E-state index in [1.807, 2.05) is 0 Å². The quantitative estimate of drug-likeness (QED) is 0.526. The fourth-order valence-electron chi connectivity index (χ4n) is 0.704. The predicted molar refractivity (Wildman–Crippen MR) is 45.9 cm³/mol. The molecule has 1 aromatic rings. The Bertz CT molecular complexity index is 279. The second-order valence-electron chi connectivity index (χ2n) is 2.05. The molecule has 0 amide bonds. The molecule has 1 aromatic carbocycles. The molecular formula is C8H7NaO3. The molecule has 0 saturated heterocycles. The number of rotatable bonds is 2. The molecule has 12 heavy (non-hydrogen) atoms. The standard InChI is InChI=1S/C8H6O3.Na.H/c9-5-6-1-3-7(4-2-6)8(10)11;;/h1-5H,(H,10,11);;. The van der Waals surface area contributed by atoms with Gasteiger partial charge >= 0.3 is 35.5 Å². The molecule has 0 atom stereocenters. The van der Waals surface area contributed by atoms with Crippen molar-refractivity contribution >= 4 is 41.8 Å². The SMILES string of the molecule is O=Cc1ccc(C(=O)O)cc1.[NaH]. The number of aldehydes is 1. The summed E-state index contributed by atoms with van der Waals surface area (Å²) in [6.45, 7) is 0. The molecule has 0 fully saturated rings. The van der Waals surface area contributed by atoms with Gasteiger partial charge in [0.2, 0.25) is 0 Å². The molecule has 0 spiro atoms. The Labute approximate surface area is 91.7 Å². The number of aromatic carboxylic acids is 1. The van der Waals surface area contributed by atoms with Gasteiger partial charge in [-0.25, -0.2) is 4.79 Å². The van der Waals surface area contributed by atoms with E-state index in [9.17, 15) is 9.59 Å². The zero-order valence-electron chi connectivity index (χ0n) is 5.65. The molecule has 0 radical (unpaired) electrons. The van der Waals surface area contributed by atoms with Crippen LogP contribution in [0.2, 0.25) is 0 Å². The maximum atomic E-state index is 10.3. The average Bonchev–Trinajstić information content (AvgIpc) is 2.05. The van der Waals surface area contributed by atoms with Gasteiger partial charge in [0.25, 0.3) is 0 Å². The molecule has 58 valence electrons. The number of carbonyl (C=O) groups excluding carboxylic acids is 1. The van der Waals surface area contributed by atoms with Crippen molar-refractivity contribution in [3.05, 3.63) is 35.4 Å². The van der Waals surface area contributed by atoms with E-state index in [0.29, 0.717) is 11.8 Å². The Morgan fingerprint density at radius 3 is 2.08 bits per heavy atom. The van der Waals surface area contributed by atoms with Gasteiger partial charge in [0.15, 0.2) is 0 Å². The van der Waals surface area contributed by atoms with E-state index in [0.717, 1.165) is 0 Å². The number of hydrogen-bond acceptors (Lipinski definition) is 2. The van der Waals surface area contributed by atoms with Crippen LogP contribution in [0.4, 0.5) is 0 Å². The second-order valence-corrected chi connectivity index (χ2v) is 2.05. The van der Waals surface area contributed by atoms with Gasteiger partial charge in [-0.2, -0.15) is 0 Å². The van der Waals surface area contributed by atoms with Crippen LogP contribution >= 0.6 is 0 Å². The van der Waals surface area contributed by atoms with E-state index in [2.05, 4.69) is 0 Å². The van der Waals surface area contributed by atoms with Crippen molar-refractivity contribution in [2.45, 2.75) is 0 Å². The van der Waals surface area contributed by atoms with Crippen LogP contribution in [-0.4, -0.2) is 46.9 Å². The first-order valence-electron chi connectivity index (χ1n) is 3.02. The summed E-state index contributed by atoms with van der Waals surface area (Å²) < 4.78 is 0. The van der Waals surface area contributed by atoms with Crippen LogP contribution in [0.3, 0.4) is 0 Å². The van der Waals surface area contributed by atoms with Crippen molar-refractivity contribution in [2.24, 2.45) is 0 Å². The van der Waals surface area contributed by atoms with Crippen molar-refractivity contribution in [3.63, 3.8) is 0 Å². The molecule has 0 aliphatic rings. The fourth-order valence-corrected chi connectivity index (χ4v) is 0.704. The minimum absolute atomic E-state index is 0. The number of carboxylic acid groups (broad SMARTS) is 1. The first kappa shape index (κ1) is 11.4. The Hall–Kier alpha value is -0.640. The van der Waals surface area contributed by atoms with Gasteiger partial charge in [0.1, 0.15) is 6.29 Å². The van der Waals surface area contributed by atoms with Crippen LogP contribution in [-0.2, 0) is 0 Å². The maximum absolute atomic E-state index is 10.3. The van der Waals surface area contributed by atoms with E-state index >= 15 is 0 Å². The molecule has 0 unspecified atom stereocenters. The average molecular weight is 174 g/mol. The number of hydrogen-bond donors (Lipinski definition) is 1. The third-order valence-electron chi connectivity index (χ3n) is 1.29. The third-order valence-corrected chi connectivity index (χ3v) is 1.29. The Balaban J connectivity index is 0.00000121. The van der Waals surface area contributed by atoms with E-state index in [1.54, 1.807) is 0 Å². The van der Waals surface area contributed by atoms with Gasteiger partial charge in [-0.05, 0) is 12.1 Å². The summed E-state index contributed by atoms with van der Waals surface area (Å²) >= 11 is 0. The van der Waals surface area contributed by atoms with E-state index in [1.165, 1.54) is 24.3 Å². The van der Waals surface area contributed by atoms with Gasteiger partial charge < -0.3 is 5.11 Å². The molecular weight excluding hydrogens is 167 g/mol. The number of benzene rings is 1. The summed E-state index contributed by atoms with van der Waals surface area (Å²) in [5.74, 6) is -0.984. The fraction of sp³-hybridized carbons (Fsp3) is 0. The van der Waals surface area contributed by atoms with Crippen LogP contribution in [0.1, 0.15) is 20.7 Å². The monoisotopic (exact) mass is 174 g/mol. The molecule has 0 aliphatic heterocycles. The summed E-state index contributed by atoms with van der Waals surface area (Å²) in [5.41, 5.74) is 0.672. The zero-order chi connectivity index (χ0) is 8.27. The summed E-state index contributed by atoms with van der Waals surface area (Å²) in [6.07, 6.45) is 0.672. The molecule has 1 N–H and O–H groups in total. The Kier molecular flexibility index (Phi) is 4.81. The molecule has 0 aromatic heterocycles. The van der Waals surface area contributed by atoms with Crippen LogP contribution in [0.25, 0.3) is 0 Å². The third kappa shape index (κ3) is 2.77. The molecule has 0 heterocycles. The summed E-state index contributed by atoms with van der Waals surface area (Å²) in [5, 5.41) is 8.46. The van der Waals surface area contributed by atoms with Crippen molar-refractivity contribution in [1.29, 1.82) is 0 Å². The van der Waals surface area contributed by atoms with Crippen LogP contribution < -0.4 is 0 Å². The van der Waals surface area contributed by atoms with Crippen molar-refractivity contribution in [1.82, 2.24) is 0 Å². The first-order valence-corrected chi connectivity index (χ1v) is 3.02. The van der Waals surface area contributed by atoms with Gasteiger partial charge in [0.05, 0.1) is 5.56 Å². The summed E-state index contributed by atoms with van der Waals surface area (Å²) in [7, 11) is 0. The van der Waals surface area contributed by atoms with Crippen molar-refractivity contribution in [3.8, 4) is 0 Å². The van der Waals surface area contributed by atoms with Crippen LogP contribution in [0.15, 0.2) is 24.3 Å².